The number of furan rings is 2. The predicted octanol–water partition coefficient (Wildman–Crippen LogP) is 23.9. The molecule has 3 aromatic heterocycles. The van der Waals surface area contributed by atoms with Gasteiger partial charge in [0.05, 0.1) is 18.2 Å². The standard InChI is InChI=1S/C45H25NO.C40H22N2O/c46-26-27-8-18-42-40(20-27)41-25-31(17-19-43(41)47-42)28-9-11-29(12-10-28)36-21-32-13-15-34-23-37(24-35-16-14-33(22-36)44(32)45(34)35)39-7-3-5-30-4-1-2-6-38(30)39;1-41-36-9-3-8-35-34-7-2-6-33(39(34)43-40(35)36)25-12-10-24(11-13-25)31-19-26-14-16-28-21-32(30-5-4-18-42-23-30)22-29-17-15-27(20-31)37(26)38(28)29/h1-25H;2-23H. The Kier molecular flexibility index (Phi) is 11.4. The molecule has 0 bridgehead atoms. The van der Waals surface area contributed by atoms with Gasteiger partial charge in [0.1, 0.15) is 22.3 Å². The first kappa shape index (κ1) is 50.9. The molecule has 0 radical (unpaired) electrons. The highest BCUT2D eigenvalue weighted by Crippen LogP contribution is 2.45. The van der Waals surface area contributed by atoms with Gasteiger partial charge in [-0.1, -0.05) is 188 Å². The fourth-order valence-electron chi connectivity index (χ4n) is 14.2. The summed E-state index contributed by atoms with van der Waals surface area (Å²) in [6.07, 6.45) is 3.74. The molecule has 0 aliphatic rings. The second-order valence-corrected chi connectivity index (χ2v) is 23.6. The zero-order valence-corrected chi connectivity index (χ0v) is 48.3. The van der Waals surface area contributed by atoms with Crippen molar-refractivity contribution in [2.24, 2.45) is 0 Å². The van der Waals surface area contributed by atoms with Crippen molar-refractivity contribution in [1.29, 1.82) is 5.26 Å². The van der Waals surface area contributed by atoms with E-state index in [0.29, 0.717) is 16.8 Å². The summed E-state index contributed by atoms with van der Waals surface area (Å²) in [6.45, 7) is 7.54. The van der Waals surface area contributed by atoms with E-state index in [1.165, 1.54) is 114 Å². The first-order chi connectivity index (χ1) is 44.4. The molecular weight excluding hydrogens is 1090 g/mol. The van der Waals surface area contributed by atoms with E-state index < -0.39 is 0 Å². The normalized spacial score (nSPS) is 11.8. The summed E-state index contributed by atoms with van der Waals surface area (Å²) in [5, 5.41) is 31.2. The lowest BCUT2D eigenvalue weighted by atomic mass is 9.88. The minimum atomic E-state index is 0.540. The summed E-state index contributed by atoms with van der Waals surface area (Å²) in [5.74, 6) is 0. The summed E-state index contributed by atoms with van der Waals surface area (Å²) >= 11 is 0. The maximum atomic E-state index is 9.39. The van der Waals surface area contributed by atoms with Crippen LogP contribution in [0.3, 0.4) is 0 Å². The second-order valence-electron chi connectivity index (χ2n) is 23.6. The molecule has 19 aromatic rings. The summed E-state index contributed by atoms with van der Waals surface area (Å²) in [6, 6.07) is 99.5. The zero-order valence-electron chi connectivity index (χ0n) is 48.3. The van der Waals surface area contributed by atoms with Gasteiger partial charge in [0.15, 0.2) is 0 Å². The van der Waals surface area contributed by atoms with Gasteiger partial charge in [-0.15, -0.1) is 0 Å². The fraction of sp³-hybridized carbons (Fsp3) is 0. The van der Waals surface area contributed by atoms with E-state index in [1.807, 2.05) is 54.9 Å². The number of nitriles is 1. The average Bonchev–Trinajstić information content (AvgIpc) is 1.06. The van der Waals surface area contributed by atoms with E-state index in [4.69, 9.17) is 15.4 Å². The van der Waals surface area contributed by atoms with Crippen molar-refractivity contribution < 1.29 is 8.83 Å². The molecule has 0 aliphatic carbocycles. The van der Waals surface area contributed by atoms with E-state index in [9.17, 15) is 5.26 Å². The molecule has 0 spiro atoms. The van der Waals surface area contributed by atoms with E-state index in [2.05, 4.69) is 240 Å². The fourth-order valence-corrected chi connectivity index (χ4v) is 14.2. The monoisotopic (exact) mass is 1140 g/mol. The largest absolute Gasteiger partial charge is 0.466 e. The third-order valence-electron chi connectivity index (χ3n) is 18.5. The molecule has 5 nitrogen and oxygen atoms in total. The van der Waals surface area contributed by atoms with Gasteiger partial charge in [0.25, 0.3) is 0 Å². The van der Waals surface area contributed by atoms with Crippen LogP contribution < -0.4 is 0 Å². The van der Waals surface area contributed by atoms with Gasteiger partial charge >= 0.3 is 0 Å². The Morgan fingerprint density at radius 3 is 1.33 bits per heavy atom. The number of benzene rings is 16. The van der Waals surface area contributed by atoms with Crippen LogP contribution >= 0.6 is 0 Å². The lowest BCUT2D eigenvalue weighted by Crippen LogP contribution is -1.88. The van der Waals surface area contributed by atoms with Crippen molar-refractivity contribution in [3.05, 3.63) is 302 Å². The van der Waals surface area contributed by atoms with Crippen LogP contribution in [0.5, 0.6) is 0 Å². The Morgan fingerprint density at radius 1 is 0.311 bits per heavy atom. The lowest BCUT2D eigenvalue weighted by Gasteiger charge is -2.15. The molecule has 0 atom stereocenters. The SMILES string of the molecule is N#Cc1ccc2oc3ccc(-c4ccc(-c5cc6ccc7cc(-c8cccc9ccccc89)cc8ccc(c5)c6c78)cc4)cc3c2c1.[C-]#[N+]c1cccc2c1oc1c(-c3ccc(-c4cc5ccc6cc(-c7cccnc7)cc7ccc(c4)c5c67)cc3)cccc12. The Bertz CT molecular complexity index is 6080. The second kappa shape index (κ2) is 20.1. The van der Waals surface area contributed by atoms with Crippen molar-refractivity contribution in [3.63, 3.8) is 0 Å². The van der Waals surface area contributed by atoms with Gasteiger partial charge in [0.2, 0.25) is 5.69 Å². The molecule has 0 amide bonds. The molecule has 5 heteroatoms. The molecule has 16 aromatic carbocycles. The van der Waals surface area contributed by atoms with Crippen LogP contribution in [0.4, 0.5) is 5.69 Å². The molecule has 0 aliphatic heterocycles. The predicted molar refractivity (Wildman–Crippen MR) is 374 cm³/mol. The highest BCUT2D eigenvalue weighted by Gasteiger charge is 2.19. The lowest BCUT2D eigenvalue weighted by molar-refractivity contribution is 0.669. The van der Waals surface area contributed by atoms with Crippen molar-refractivity contribution in [1.82, 2.24) is 4.98 Å². The summed E-state index contributed by atoms with van der Waals surface area (Å²) in [7, 11) is 0. The van der Waals surface area contributed by atoms with E-state index in [0.717, 1.165) is 66.1 Å². The summed E-state index contributed by atoms with van der Waals surface area (Å²) < 4.78 is 12.3. The molecule has 90 heavy (non-hydrogen) atoms. The molecular formula is C85H47N3O2. The number of hydrogen-bond donors (Lipinski definition) is 0. The maximum Gasteiger partial charge on any atom is 0.229 e. The van der Waals surface area contributed by atoms with Crippen molar-refractivity contribution in [2.45, 2.75) is 0 Å². The zero-order chi connectivity index (χ0) is 59.6. The van der Waals surface area contributed by atoms with Crippen LogP contribution in [-0.2, 0) is 0 Å². The molecule has 3 heterocycles. The van der Waals surface area contributed by atoms with Crippen LogP contribution in [0.2, 0.25) is 0 Å². The Balaban J connectivity index is 0.000000134. The Hall–Kier alpha value is -12.4. The minimum Gasteiger partial charge on any atom is -0.466 e. The Morgan fingerprint density at radius 2 is 0.767 bits per heavy atom. The number of pyridine rings is 1. The number of fused-ring (bicyclic) bond motifs is 7. The molecule has 0 fully saturated rings. The van der Waals surface area contributed by atoms with Crippen molar-refractivity contribution in [3.8, 4) is 72.8 Å². The quantitative estimate of drug-likeness (QED) is 0.123. The van der Waals surface area contributed by atoms with Gasteiger partial charge in [-0.3, -0.25) is 4.98 Å². The number of rotatable bonds is 6. The maximum absolute atomic E-state index is 9.39. The highest BCUT2D eigenvalue weighted by atomic mass is 16.3. The molecule has 0 unspecified atom stereocenters. The van der Waals surface area contributed by atoms with Gasteiger partial charge in [-0.05, 0) is 216 Å². The van der Waals surface area contributed by atoms with E-state index in [1.54, 1.807) is 6.07 Å². The van der Waals surface area contributed by atoms with Crippen LogP contribution in [0.1, 0.15) is 5.56 Å². The molecule has 0 saturated carbocycles. The molecule has 414 valence electrons. The van der Waals surface area contributed by atoms with Crippen molar-refractivity contribution >= 4 is 125 Å². The van der Waals surface area contributed by atoms with Gasteiger partial charge in [-0.25, -0.2) is 4.85 Å². The van der Waals surface area contributed by atoms with Crippen LogP contribution in [0.25, 0.3) is 191 Å². The van der Waals surface area contributed by atoms with Gasteiger partial charge in [0, 0.05) is 45.1 Å². The summed E-state index contributed by atoms with van der Waals surface area (Å²) in [4.78, 5) is 7.98. The van der Waals surface area contributed by atoms with Crippen molar-refractivity contribution in [2.75, 3.05) is 0 Å². The van der Waals surface area contributed by atoms with E-state index in [-0.39, 0.29) is 0 Å². The third-order valence-corrected chi connectivity index (χ3v) is 18.5. The van der Waals surface area contributed by atoms with Gasteiger partial charge < -0.3 is 8.83 Å². The average molecular weight is 1140 g/mol. The first-order valence-electron chi connectivity index (χ1n) is 30.2. The summed E-state index contributed by atoms with van der Waals surface area (Å²) in [5.41, 5.74) is 18.2. The van der Waals surface area contributed by atoms with E-state index >= 15 is 0 Å². The number of aromatic nitrogens is 1. The molecule has 0 N–H and O–H groups in total. The van der Waals surface area contributed by atoms with Crippen LogP contribution in [-0.4, -0.2) is 4.98 Å². The minimum absolute atomic E-state index is 0.540. The Labute approximate surface area is 516 Å². The number of para-hydroxylation sites is 2. The molecule has 19 rings (SSSR count). The smallest absolute Gasteiger partial charge is 0.229 e. The third kappa shape index (κ3) is 8.19. The first-order valence-corrected chi connectivity index (χ1v) is 30.2. The number of nitrogens with zero attached hydrogens (tertiary/aromatic N) is 3. The van der Waals surface area contributed by atoms with Crippen LogP contribution in [0, 0.1) is 17.9 Å². The van der Waals surface area contributed by atoms with Gasteiger partial charge in [-0.2, -0.15) is 5.26 Å². The van der Waals surface area contributed by atoms with Crippen LogP contribution in [0.15, 0.2) is 294 Å². The highest BCUT2D eigenvalue weighted by molar-refractivity contribution is 6.26. The topological polar surface area (TPSA) is 67.3 Å². The molecule has 0 saturated heterocycles. The number of hydrogen-bond acceptors (Lipinski definition) is 4.